The molecule has 1 fully saturated rings. The summed E-state index contributed by atoms with van der Waals surface area (Å²) in [5.74, 6) is -0.344. The predicted octanol–water partition coefficient (Wildman–Crippen LogP) is 2.70. The Morgan fingerprint density at radius 2 is 2.09 bits per heavy atom. The third-order valence-electron chi connectivity index (χ3n) is 3.54. The van der Waals surface area contributed by atoms with E-state index in [0.29, 0.717) is 30.8 Å². The Bertz CT molecular complexity index is 545. The standard InChI is InChI=1S/C16H23FN2O3/c1-15(2,3)22-14(20)19-13-6-5-12(17)7-11(13)8-16(21-4)9-18-10-16/h5-7,18H,8-10H2,1-4H3,(H,19,20). The number of nitrogens with one attached hydrogen (secondary N) is 2. The van der Waals surface area contributed by atoms with Crippen molar-refractivity contribution in [2.24, 2.45) is 0 Å². The van der Waals surface area contributed by atoms with E-state index >= 15 is 0 Å². The summed E-state index contributed by atoms with van der Waals surface area (Å²) in [5.41, 5.74) is 0.293. The summed E-state index contributed by atoms with van der Waals surface area (Å²) in [6.45, 7) is 6.77. The van der Waals surface area contributed by atoms with E-state index in [0.717, 1.165) is 0 Å². The van der Waals surface area contributed by atoms with Crippen LogP contribution in [0.25, 0.3) is 0 Å². The summed E-state index contributed by atoms with van der Waals surface area (Å²) < 4.78 is 24.3. The molecular formula is C16H23FN2O3. The number of methoxy groups -OCH3 is 1. The largest absolute Gasteiger partial charge is 0.444 e. The number of anilines is 1. The van der Waals surface area contributed by atoms with Gasteiger partial charge >= 0.3 is 6.09 Å². The third-order valence-corrected chi connectivity index (χ3v) is 3.54. The molecule has 5 nitrogen and oxygen atoms in total. The Kier molecular flexibility index (Phi) is 4.72. The maximum absolute atomic E-state index is 13.6. The molecule has 0 spiro atoms. The smallest absolute Gasteiger partial charge is 0.412 e. The molecule has 0 radical (unpaired) electrons. The van der Waals surface area contributed by atoms with Gasteiger partial charge in [0.1, 0.15) is 11.4 Å². The molecule has 22 heavy (non-hydrogen) atoms. The number of amides is 1. The Morgan fingerprint density at radius 1 is 1.41 bits per heavy atom. The van der Waals surface area contributed by atoms with Gasteiger partial charge in [0.2, 0.25) is 0 Å². The Balaban J connectivity index is 2.15. The van der Waals surface area contributed by atoms with Crippen molar-refractivity contribution in [3.05, 3.63) is 29.6 Å². The molecule has 122 valence electrons. The van der Waals surface area contributed by atoms with Crippen molar-refractivity contribution in [3.63, 3.8) is 0 Å². The van der Waals surface area contributed by atoms with Gasteiger partial charge in [0, 0.05) is 32.3 Å². The molecule has 0 atom stereocenters. The van der Waals surface area contributed by atoms with Crippen LogP contribution in [0.1, 0.15) is 26.3 Å². The lowest BCUT2D eigenvalue weighted by atomic mass is 9.88. The van der Waals surface area contributed by atoms with Gasteiger partial charge in [0.15, 0.2) is 0 Å². The van der Waals surface area contributed by atoms with Crippen molar-refractivity contribution in [1.82, 2.24) is 5.32 Å². The van der Waals surface area contributed by atoms with E-state index in [2.05, 4.69) is 10.6 Å². The molecule has 0 aromatic heterocycles. The molecule has 1 amide bonds. The summed E-state index contributed by atoms with van der Waals surface area (Å²) in [6.07, 6.45) is -0.0436. The molecule has 0 aliphatic carbocycles. The van der Waals surface area contributed by atoms with Gasteiger partial charge in [-0.05, 0) is 44.5 Å². The van der Waals surface area contributed by atoms with E-state index in [-0.39, 0.29) is 11.4 Å². The minimum absolute atomic E-state index is 0.344. The zero-order valence-corrected chi connectivity index (χ0v) is 13.5. The summed E-state index contributed by atoms with van der Waals surface area (Å²) in [7, 11) is 1.64. The van der Waals surface area contributed by atoms with Crippen LogP contribution in [-0.4, -0.2) is 37.5 Å². The summed E-state index contributed by atoms with van der Waals surface area (Å²) in [4.78, 5) is 11.9. The number of benzene rings is 1. The topological polar surface area (TPSA) is 59.6 Å². The summed E-state index contributed by atoms with van der Waals surface area (Å²) in [6, 6.07) is 4.28. The maximum Gasteiger partial charge on any atom is 0.412 e. The predicted molar refractivity (Wildman–Crippen MR) is 82.6 cm³/mol. The van der Waals surface area contributed by atoms with Crippen molar-refractivity contribution in [3.8, 4) is 0 Å². The van der Waals surface area contributed by atoms with Crippen molar-refractivity contribution in [2.75, 3.05) is 25.5 Å². The Morgan fingerprint density at radius 3 is 2.59 bits per heavy atom. The average molecular weight is 310 g/mol. The highest BCUT2D eigenvalue weighted by atomic mass is 19.1. The van der Waals surface area contributed by atoms with Crippen molar-refractivity contribution >= 4 is 11.8 Å². The molecule has 0 bridgehead atoms. The Hall–Kier alpha value is -1.66. The fourth-order valence-corrected chi connectivity index (χ4v) is 2.34. The normalized spacial score (nSPS) is 16.8. The lowest BCUT2D eigenvalue weighted by molar-refractivity contribution is -0.0501. The number of rotatable bonds is 4. The average Bonchev–Trinajstić information content (AvgIpc) is 2.34. The quantitative estimate of drug-likeness (QED) is 0.898. The minimum atomic E-state index is -0.587. The van der Waals surface area contributed by atoms with E-state index in [9.17, 15) is 9.18 Å². The van der Waals surface area contributed by atoms with E-state index in [1.165, 1.54) is 12.1 Å². The highest BCUT2D eigenvalue weighted by Crippen LogP contribution is 2.27. The number of carbonyl (C=O) groups excluding carboxylic acids is 1. The van der Waals surface area contributed by atoms with Crippen LogP contribution in [0.5, 0.6) is 0 Å². The lowest BCUT2D eigenvalue weighted by Crippen LogP contribution is -2.61. The molecule has 0 unspecified atom stereocenters. The molecular weight excluding hydrogens is 287 g/mol. The molecule has 1 aromatic rings. The summed E-state index contributed by atoms with van der Waals surface area (Å²) >= 11 is 0. The molecule has 1 aliphatic rings. The third kappa shape index (κ3) is 4.18. The fraction of sp³-hybridized carbons (Fsp3) is 0.562. The maximum atomic E-state index is 13.6. The van der Waals surface area contributed by atoms with Gasteiger partial charge in [0.05, 0.1) is 5.60 Å². The number of ether oxygens (including phenoxy) is 2. The van der Waals surface area contributed by atoms with Crippen LogP contribution in [0, 0.1) is 5.82 Å². The number of hydrogen-bond acceptors (Lipinski definition) is 4. The first-order valence-corrected chi connectivity index (χ1v) is 7.27. The van der Waals surface area contributed by atoms with Gasteiger partial charge in [-0.2, -0.15) is 0 Å². The zero-order valence-electron chi connectivity index (χ0n) is 13.5. The lowest BCUT2D eigenvalue weighted by Gasteiger charge is -2.41. The van der Waals surface area contributed by atoms with Gasteiger partial charge in [0.25, 0.3) is 0 Å². The van der Waals surface area contributed by atoms with E-state index in [1.807, 2.05) is 0 Å². The SMILES string of the molecule is COC1(Cc2cc(F)ccc2NC(=O)OC(C)(C)C)CNC1. The van der Waals surface area contributed by atoms with Crippen LogP contribution in [-0.2, 0) is 15.9 Å². The molecule has 1 heterocycles. The minimum Gasteiger partial charge on any atom is -0.444 e. The van der Waals surface area contributed by atoms with Gasteiger partial charge in [-0.15, -0.1) is 0 Å². The van der Waals surface area contributed by atoms with Gasteiger partial charge < -0.3 is 14.8 Å². The summed E-state index contributed by atoms with van der Waals surface area (Å²) in [5, 5.41) is 5.83. The van der Waals surface area contributed by atoms with Crippen LogP contribution in [0.4, 0.5) is 14.9 Å². The first-order valence-electron chi connectivity index (χ1n) is 7.27. The van der Waals surface area contributed by atoms with Crippen molar-refractivity contribution < 1.29 is 18.7 Å². The van der Waals surface area contributed by atoms with Gasteiger partial charge in [-0.25, -0.2) is 9.18 Å². The molecule has 1 saturated heterocycles. The Labute approximate surface area is 130 Å². The van der Waals surface area contributed by atoms with Crippen LogP contribution in [0.15, 0.2) is 18.2 Å². The monoisotopic (exact) mass is 310 g/mol. The fourth-order valence-electron chi connectivity index (χ4n) is 2.34. The zero-order chi connectivity index (χ0) is 16.4. The van der Waals surface area contributed by atoms with Crippen LogP contribution in [0.2, 0.25) is 0 Å². The van der Waals surface area contributed by atoms with Crippen molar-refractivity contribution in [1.29, 1.82) is 0 Å². The number of halogens is 1. The molecule has 1 aromatic carbocycles. The number of carbonyl (C=O) groups is 1. The van der Waals surface area contributed by atoms with Crippen LogP contribution < -0.4 is 10.6 Å². The van der Waals surface area contributed by atoms with E-state index in [1.54, 1.807) is 33.9 Å². The second-order valence-corrected chi connectivity index (χ2v) is 6.60. The van der Waals surface area contributed by atoms with E-state index in [4.69, 9.17) is 9.47 Å². The molecule has 2 rings (SSSR count). The first kappa shape index (κ1) is 16.7. The van der Waals surface area contributed by atoms with Crippen LogP contribution in [0.3, 0.4) is 0 Å². The molecule has 6 heteroatoms. The van der Waals surface area contributed by atoms with Crippen molar-refractivity contribution in [2.45, 2.75) is 38.4 Å². The van der Waals surface area contributed by atoms with Crippen LogP contribution >= 0.6 is 0 Å². The van der Waals surface area contributed by atoms with Gasteiger partial charge in [-0.3, -0.25) is 5.32 Å². The second-order valence-electron chi connectivity index (χ2n) is 6.60. The van der Waals surface area contributed by atoms with E-state index < -0.39 is 11.7 Å². The highest BCUT2D eigenvalue weighted by Gasteiger charge is 2.37. The molecule has 2 N–H and O–H groups in total. The first-order chi connectivity index (χ1) is 10.2. The molecule has 0 saturated carbocycles. The molecule has 1 aliphatic heterocycles. The number of hydrogen-bond donors (Lipinski definition) is 2. The van der Waals surface area contributed by atoms with Gasteiger partial charge in [-0.1, -0.05) is 0 Å². The highest BCUT2D eigenvalue weighted by molar-refractivity contribution is 5.86. The second kappa shape index (κ2) is 6.22.